The van der Waals surface area contributed by atoms with Gasteiger partial charge in [-0.15, -0.1) is 0 Å². The van der Waals surface area contributed by atoms with E-state index in [1.165, 1.54) is 22.4 Å². The minimum atomic E-state index is -1.13. The van der Waals surface area contributed by atoms with Crippen molar-refractivity contribution >= 4 is 34.9 Å². The highest BCUT2D eigenvalue weighted by Gasteiger charge is 2.19. The van der Waals surface area contributed by atoms with Crippen LogP contribution in [0.15, 0.2) is 39.0 Å². The van der Waals surface area contributed by atoms with Crippen LogP contribution in [0.4, 0.5) is 5.95 Å². The van der Waals surface area contributed by atoms with Gasteiger partial charge >= 0.3 is 5.69 Å². The number of nitrogens with one attached hydrogen (secondary N) is 2. The number of aliphatic hydroxyl groups is 2. The molecule has 1 unspecified atom stereocenters. The van der Waals surface area contributed by atoms with Crippen molar-refractivity contribution in [1.29, 1.82) is 0 Å². The highest BCUT2D eigenvalue weighted by molar-refractivity contribution is 6.33. The molecule has 142 valence electrons. The first kappa shape index (κ1) is 18.8. The van der Waals surface area contributed by atoms with E-state index >= 15 is 0 Å². The molecule has 1 aromatic carbocycles. The lowest BCUT2D eigenvalue weighted by Gasteiger charge is -2.11. The summed E-state index contributed by atoms with van der Waals surface area (Å²) in [6, 6.07) is 7.07. The van der Waals surface area contributed by atoms with Crippen LogP contribution >= 0.6 is 11.6 Å². The number of fused-ring (bicyclic) bond motifs is 1. The molecule has 0 aliphatic heterocycles. The molecule has 0 spiro atoms. The van der Waals surface area contributed by atoms with Crippen LogP contribution in [-0.4, -0.2) is 48.2 Å². The Labute approximate surface area is 157 Å². The number of aliphatic hydroxyl groups excluding tert-OH is 2. The summed E-state index contributed by atoms with van der Waals surface area (Å²) in [7, 11) is 1.46. The van der Waals surface area contributed by atoms with Crippen LogP contribution in [0, 0.1) is 0 Å². The number of anilines is 1. The standard InChI is InChI=1S/C16H17ClN6O4/c1-22-13-12(14(26)20-16(22)27)23(7-10(25)8-24)15(19-13)21-18-6-9-4-2-3-5-11(9)17/h2-6,10,24-25H,7-8H2,1H3,(H,19,21)(H,20,26,27). The molecule has 0 saturated heterocycles. The molecule has 3 aromatic rings. The van der Waals surface area contributed by atoms with E-state index in [0.717, 1.165) is 0 Å². The lowest BCUT2D eigenvalue weighted by molar-refractivity contribution is 0.0825. The van der Waals surface area contributed by atoms with Gasteiger partial charge in [0.25, 0.3) is 5.56 Å². The topological polar surface area (TPSA) is 138 Å². The number of benzene rings is 1. The van der Waals surface area contributed by atoms with Gasteiger partial charge in [-0.2, -0.15) is 10.1 Å². The summed E-state index contributed by atoms with van der Waals surface area (Å²) >= 11 is 6.06. The molecule has 2 aromatic heterocycles. The zero-order valence-corrected chi connectivity index (χ0v) is 15.0. The number of rotatable bonds is 6. The van der Waals surface area contributed by atoms with E-state index in [4.69, 9.17) is 16.7 Å². The molecule has 10 nitrogen and oxygen atoms in total. The Hall–Kier alpha value is -2.95. The van der Waals surface area contributed by atoms with Crippen molar-refractivity contribution in [2.75, 3.05) is 12.0 Å². The summed E-state index contributed by atoms with van der Waals surface area (Å²) < 4.78 is 2.51. The number of nitrogens with zero attached hydrogens (tertiary/aromatic N) is 4. The van der Waals surface area contributed by atoms with Crippen LogP contribution in [0.1, 0.15) is 5.56 Å². The molecule has 11 heteroatoms. The Bertz CT molecular complexity index is 1120. The second kappa shape index (κ2) is 7.74. The number of aromatic amines is 1. The van der Waals surface area contributed by atoms with Gasteiger partial charge in [0.05, 0.1) is 25.5 Å². The van der Waals surface area contributed by atoms with Crippen molar-refractivity contribution < 1.29 is 10.2 Å². The van der Waals surface area contributed by atoms with Crippen LogP contribution in [0.2, 0.25) is 5.02 Å². The van der Waals surface area contributed by atoms with E-state index in [1.54, 1.807) is 24.3 Å². The Morgan fingerprint density at radius 3 is 2.85 bits per heavy atom. The number of hydrazone groups is 1. The zero-order valence-electron chi connectivity index (χ0n) is 14.3. The van der Waals surface area contributed by atoms with Crippen LogP contribution in [0.25, 0.3) is 11.2 Å². The normalized spacial score (nSPS) is 12.7. The Balaban J connectivity index is 2.06. The maximum Gasteiger partial charge on any atom is 0.329 e. The number of imidazole rings is 1. The molecule has 0 amide bonds. The predicted molar refractivity (Wildman–Crippen MR) is 101 cm³/mol. The molecule has 0 bridgehead atoms. The molecule has 0 fully saturated rings. The number of H-pyrrole nitrogens is 1. The number of aryl methyl sites for hydroxylation is 1. The van der Waals surface area contributed by atoms with Crippen LogP contribution in [-0.2, 0) is 13.6 Å². The predicted octanol–water partition coefficient (Wildman–Crippen LogP) is -0.124. The fourth-order valence-electron chi connectivity index (χ4n) is 2.51. The van der Waals surface area contributed by atoms with Crippen molar-refractivity contribution in [1.82, 2.24) is 19.1 Å². The van der Waals surface area contributed by atoms with Crippen LogP contribution < -0.4 is 16.7 Å². The van der Waals surface area contributed by atoms with Gasteiger partial charge in [0.15, 0.2) is 11.2 Å². The van der Waals surface area contributed by atoms with E-state index in [0.29, 0.717) is 10.6 Å². The average molecular weight is 393 g/mol. The second-order valence-corrected chi connectivity index (χ2v) is 6.17. The van der Waals surface area contributed by atoms with Gasteiger partial charge in [-0.25, -0.2) is 10.2 Å². The molecular formula is C16H17ClN6O4. The van der Waals surface area contributed by atoms with E-state index in [2.05, 4.69) is 20.5 Å². The highest BCUT2D eigenvalue weighted by Crippen LogP contribution is 2.17. The van der Waals surface area contributed by atoms with Crippen molar-refractivity contribution in [3.8, 4) is 0 Å². The Morgan fingerprint density at radius 1 is 1.41 bits per heavy atom. The van der Waals surface area contributed by atoms with Crippen molar-refractivity contribution in [2.45, 2.75) is 12.6 Å². The quantitative estimate of drug-likeness (QED) is 0.341. The van der Waals surface area contributed by atoms with Crippen molar-refractivity contribution in [2.24, 2.45) is 12.1 Å². The lowest BCUT2D eigenvalue weighted by Crippen LogP contribution is -2.30. The molecular weight excluding hydrogens is 376 g/mol. The summed E-state index contributed by atoms with van der Waals surface area (Å²) in [6.45, 7) is -0.635. The first-order valence-corrected chi connectivity index (χ1v) is 8.32. The number of aromatic nitrogens is 4. The summed E-state index contributed by atoms with van der Waals surface area (Å²) in [5.41, 5.74) is 2.25. The van der Waals surface area contributed by atoms with E-state index in [9.17, 15) is 14.7 Å². The van der Waals surface area contributed by atoms with E-state index in [1.807, 2.05) is 0 Å². The molecule has 1 atom stereocenters. The number of hydrogen-bond donors (Lipinski definition) is 4. The van der Waals surface area contributed by atoms with Crippen LogP contribution in [0.3, 0.4) is 0 Å². The first-order chi connectivity index (χ1) is 12.9. The maximum atomic E-state index is 12.2. The van der Waals surface area contributed by atoms with Gasteiger partial charge in [-0.1, -0.05) is 29.8 Å². The minimum absolute atomic E-state index is 0.0695. The summed E-state index contributed by atoms with van der Waals surface area (Å²) in [5.74, 6) is 0.118. The minimum Gasteiger partial charge on any atom is -0.394 e. The molecule has 4 N–H and O–H groups in total. The first-order valence-electron chi connectivity index (χ1n) is 7.94. The average Bonchev–Trinajstić information content (AvgIpc) is 3.00. The summed E-state index contributed by atoms with van der Waals surface area (Å²) in [6.07, 6.45) is 0.338. The smallest absolute Gasteiger partial charge is 0.329 e. The van der Waals surface area contributed by atoms with Crippen molar-refractivity contribution in [3.05, 3.63) is 55.7 Å². The van der Waals surface area contributed by atoms with E-state index < -0.39 is 24.0 Å². The molecule has 3 rings (SSSR count). The third-order valence-corrected chi connectivity index (χ3v) is 4.23. The number of halogens is 1. The lowest BCUT2D eigenvalue weighted by atomic mass is 10.2. The summed E-state index contributed by atoms with van der Waals surface area (Å²) in [4.78, 5) is 30.4. The van der Waals surface area contributed by atoms with E-state index in [-0.39, 0.29) is 23.7 Å². The van der Waals surface area contributed by atoms with Crippen molar-refractivity contribution in [3.63, 3.8) is 0 Å². The maximum absolute atomic E-state index is 12.2. The summed E-state index contributed by atoms with van der Waals surface area (Å²) in [5, 5.41) is 23.5. The van der Waals surface area contributed by atoms with Gasteiger partial charge in [0, 0.05) is 17.6 Å². The van der Waals surface area contributed by atoms with Gasteiger partial charge in [0.2, 0.25) is 5.95 Å². The highest BCUT2D eigenvalue weighted by atomic mass is 35.5. The Morgan fingerprint density at radius 2 is 2.15 bits per heavy atom. The molecule has 2 heterocycles. The fourth-order valence-corrected chi connectivity index (χ4v) is 2.69. The second-order valence-electron chi connectivity index (χ2n) is 5.76. The fraction of sp³-hybridized carbons (Fsp3) is 0.250. The van der Waals surface area contributed by atoms with Gasteiger partial charge < -0.3 is 14.8 Å². The zero-order chi connectivity index (χ0) is 19.6. The Kier molecular flexibility index (Phi) is 5.40. The molecule has 0 saturated carbocycles. The molecule has 0 aliphatic rings. The third-order valence-electron chi connectivity index (χ3n) is 3.88. The SMILES string of the molecule is Cn1c(=O)[nH]c(=O)c2c1nc(NN=Cc1ccccc1Cl)n2CC(O)CO. The van der Waals surface area contributed by atoms with Gasteiger partial charge in [-0.3, -0.25) is 14.3 Å². The van der Waals surface area contributed by atoms with Gasteiger partial charge in [-0.05, 0) is 6.07 Å². The largest absolute Gasteiger partial charge is 0.394 e. The molecule has 0 aliphatic carbocycles. The van der Waals surface area contributed by atoms with Gasteiger partial charge in [0.1, 0.15) is 0 Å². The monoisotopic (exact) mass is 392 g/mol. The molecule has 0 radical (unpaired) electrons. The van der Waals surface area contributed by atoms with Crippen LogP contribution in [0.5, 0.6) is 0 Å². The number of hydrogen-bond acceptors (Lipinski definition) is 7. The third kappa shape index (κ3) is 3.77. The molecule has 27 heavy (non-hydrogen) atoms.